The summed E-state index contributed by atoms with van der Waals surface area (Å²) in [6.07, 6.45) is 4.39. The fourth-order valence-corrected chi connectivity index (χ4v) is 4.52. The Bertz CT molecular complexity index is 1150. The molecule has 0 aliphatic heterocycles. The summed E-state index contributed by atoms with van der Waals surface area (Å²) in [5.74, 6) is -0.0498. The fraction of sp³-hybridized carbons (Fsp3) is 0.211. The van der Waals surface area contributed by atoms with Gasteiger partial charge in [-0.1, -0.05) is 22.9 Å². The van der Waals surface area contributed by atoms with Crippen molar-refractivity contribution in [2.45, 2.75) is 24.8 Å². The van der Waals surface area contributed by atoms with E-state index in [-0.39, 0.29) is 5.91 Å². The van der Waals surface area contributed by atoms with Gasteiger partial charge in [-0.2, -0.15) is 5.10 Å². The van der Waals surface area contributed by atoms with Crippen molar-refractivity contribution in [3.63, 3.8) is 0 Å². The molecule has 136 valence electrons. The van der Waals surface area contributed by atoms with Crippen LogP contribution in [0.1, 0.15) is 19.3 Å². The first kappa shape index (κ1) is 16.5. The highest BCUT2D eigenvalue weighted by Crippen LogP contribution is 2.38. The van der Waals surface area contributed by atoms with Gasteiger partial charge in [0.1, 0.15) is 5.54 Å². The third kappa shape index (κ3) is 2.83. The van der Waals surface area contributed by atoms with Crippen LogP contribution in [0.25, 0.3) is 21.1 Å². The molecule has 0 atom stereocenters. The Hall–Kier alpha value is -2.64. The van der Waals surface area contributed by atoms with Gasteiger partial charge in [0.05, 0.1) is 21.9 Å². The molecule has 2 heterocycles. The summed E-state index contributed by atoms with van der Waals surface area (Å²) in [4.78, 5) is 17.6. The third-order valence-corrected chi connectivity index (χ3v) is 6.34. The number of fused-ring (bicyclic) bond motifs is 3. The molecule has 6 nitrogen and oxygen atoms in total. The Morgan fingerprint density at radius 2 is 2.00 bits per heavy atom. The van der Waals surface area contributed by atoms with Gasteiger partial charge in [0.2, 0.25) is 0 Å². The van der Waals surface area contributed by atoms with Crippen LogP contribution in [-0.4, -0.2) is 26.6 Å². The van der Waals surface area contributed by atoms with Crippen LogP contribution in [0, 0.1) is 0 Å². The molecule has 5 rings (SSSR count). The molecule has 3 N–H and O–H groups in total. The molecule has 4 aromatic rings. The standard InChI is InChI=1S/C19H16ClN5OS/c20-11-2-4-12(5-3-11)24-19(8-1-9-19)17(26)23-18-22-15-7-6-14-13(10-21-25-14)16(15)27-18/h2-7,10,24H,1,8-9H2,(H,21,25)(H,22,23,26). The summed E-state index contributed by atoms with van der Waals surface area (Å²) in [6.45, 7) is 0. The highest BCUT2D eigenvalue weighted by molar-refractivity contribution is 7.23. The maximum Gasteiger partial charge on any atom is 0.251 e. The Kier molecular flexibility index (Phi) is 3.80. The van der Waals surface area contributed by atoms with Crippen molar-refractivity contribution < 1.29 is 4.79 Å². The number of carbonyl (C=O) groups excluding carboxylic acids is 1. The molecule has 0 radical (unpaired) electrons. The molecule has 0 bridgehead atoms. The summed E-state index contributed by atoms with van der Waals surface area (Å²) < 4.78 is 1.02. The Morgan fingerprint density at radius 3 is 2.74 bits per heavy atom. The Labute approximate surface area is 163 Å². The van der Waals surface area contributed by atoms with Gasteiger partial charge in [-0.15, -0.1) is 0 Å². The van der Waals surface area contributed by atoms with Gasteiger partial charge >= 0.3 is 0 Å². The van der Waals surface area contributed by atoms with Gasteiger partial charge in [0.25, 0.3) is 5.91 Å². The van der Waals surface area contributed by atoms with Gasteiger partial charge in [0.15, 0.2) is 5.13 Å². The summed E-state index contributed by atoms with van der Waals surface area (Å²) in [5, 5.41) is 15.7. The number of rotatable bonds is 4. The molecular formula is C19H16ClN5OS. The lowest BCUT2D eigenvalue weighted by Gasteiger charge is -2.41. The van der Waals surface area contributed by atoms with Gasteiger partial charge in [-0.05, 0) is 55.7 Å². The minimum atomic E-state index is -0.601. The van der Waals surface area contributed by atoms with E-state index in [9.17, 15) is 4.79 Å². The first-order chi connectivity index (χ1) is 13.1. The van der Waals surface area contributed by atoms with Crippen LogP contribution in [0.4, 0.5) is 10.8 Å². The lowest BCUT2D eigenvalue weighted by Crippen LogP contribution is -2.54. The SMILES string of the molecule is O=C(Nc1nc2ccc3[nH]ncc3c2s1)C1(Nc2ccc(Cl)cc2)CCC1. The molecule has 27 heavy (non-hydrogen) atoms. The molecule has 1 aliphatic carbocycles. The quantitative estimate of drug-likeness (QED) is 0.462. The van der Waals surface area contributed by atoms with E-state index in [0.717, 1.165) is 46.1 Å². The van der Waals surface area contributed by atoms with Crippen LogP contribution >= 0.6 is 22.9 Å². The summed E-state index contributed by atoms with van der Waals surface area (Å²) in [5.41, 5.74) is 2.11. The number of H-pyrrole nitrogens is 1. The third-order valence-electron chi connectivity index (χ3n) is 5.06. The number of hydrogen-bond acceptors (Lipinski definition) is 5. The largest absolute Gasteiger partial charge is 0.371 e. The van der Waals surface area contributed by atoms with E-state index in [4.69, 9.17) is 11.6 Å². The second kappa shape index (κ2) is 6.21. The number of nitrogens with zero attached hydrogens (tertiary/aromatic N) is 2. The molecular weight excluding hydrogens is 382 g/mol. The van der Waals surface area contributed by atoms with E-state index < -0.39 is 5.54 Å². The molecule has 1 amide bonds. The number of halogens is 1. The number of aromatic amines is 1. The van der Waals surface area contributed by atoms with Crippen LogP contribution in [0.2, 0.25) is 5.02 Å². The predicted molar refractivity (Wildman–Crippen MR) is 110 cm³/mol. The van der Waals surface area contributed by atoms with Gasteiger partial charge in [0, 0.05) is 16.1 Å². The second-order valence-corrected chi connectivity index (χ2v) is 8.22. The van der Waals surface area contributed by atoms with Crippen LogP contribution in [0.3, 0.4) is 0 Å². The van der Waals surface area contributed by atoms with E-state index in [2.05, 4.69) is 25.8 Å². The molecule has 0 unspecified atom stereocenters. The van der Waals surface area contributed by atoms with Crippen LogP contribution < -0.4 is 10.6 Å². The Morgan fingerprint density at radius 1 is 1.19 bits per heavy atom. The van der Waals surface area contributed by atoms with E-state index in [0.29, 0.717) is 10.2 Å². The first-order valence-electron chi connectivity index (χ1n) is 8.71. The topological polar surface area (TPSA) is 82.7 Å². The zero-order valence-corrected chi connectivity index (χ0v) is 15.8. The maximum atomic E-state index is 13.0. The summed E-state index contributed by atoms with van der Waals surface area (Å²) in [6, 6.07) is 11.3. The zero-order chi connectivity index (χ0) is 18.4. The van der Waals surface area contributed by atoms with Crippen LogP contribution in [0.15, 0.2) is 42.6 Å². The molecule has 1 fully saturated rings. The number of aromatic nitrogens is 3. The van der Waals surface area contributed by atoms with Crippen molar-refractivity contribution in [3.8, 4) is 0 Å². The highest BCUT2D eigenvalue weighted by Gasteiger charge is 2.44. The average Bonchev–Trinajstić information content (AvgIpc) is 3.25. The normalized spacial score (nSPS) is 15.6. The van der Waals surface area contributed by atoms with Gasteiger partial charge in [-0.25, -0.2) is 4.98 Å². The molecule has 0 spiro atoms. The Balaban J connectivity index is 1.41. The summed E-state index contributed by atoms with van der Waals surface area (Å²) in [7, 11) is 0. The smallest absolute Gasteiger partial charge is 0.251 e. The number of amides is 1. The average molecular weight is 398 g/mol. The highest BCUT2D eigenvalue weighted by atomic mass is 35.5. The van der Waals surface area contributed by atoms with Crippen molar-refractivity contribution in [1.82, 2.24) is 15.2 Å². The van der Waals surface area contributed by atoms with Crippen molar-refractivity contribution in [2.24, 2.45) is 0 Å². The second-order valence-electron chi connectivity index (χ2n) is 6.79. The number of nitrogens with one attached hydrogen (secondary N) is 3. The molecule has 0 saturated heterocycles. The van der Waals surface area contributed by atoms with Crippen molar-refractivity contribution >= 4 is 60.8 Å². The summed E-state index contributed by atoms with van der Waals surface area (Å²) >= 11 is 7.42. The monoisotopic (exact) mass is 397 g/mol. The van der Waals surface area contributed by atoms with E-state index in [1.165, 1.54) is 11.3 Å². The number of carbonyl (C=O) groups is 1. The van der Waals surface area contributed by atoms with E-state index in [1.807, 2.05) is 36.4 Å². The van der Waals surface area contributed by atoms with Gasteiger partial charge < -0.3 is 5.32 Å². The number of hydrogen-bond donors (Lipinski definition) is 3. The molecule has 1 aliphatic rings. The number of benzene rings is 2. The fourth-order valence-electron chi connectivity index (χ4n) is 3.42. The number of thiazole rings is 1. The van der Waals surface area contributed by atoms with E-state index in [1.54, 1.807) is 6.20 Å². The van der Waals surface area contributed by atoms with E-state index >= 15 is 0 Å². The first-order valence-corrected chi connectivity index (χ1v) is 9.90. The zero-order valence-electron chi connectivity index (χ0n) is 14.3. The minimum absolute atomic E-state index is 0.0498. The van der Waals surface area contributed by atoms with Crippen molar-refractivity contribution in [1.29, 1.82) is 0 Å². The maximum absolute atomic E-state index is 13.0. The van der Waals surface area contributed by atoms with Crippen LogP contribution in [0.5, 0.6) is 0 Å². The van der Waals surface area contributed by atoms with Crippen molar-refractivity contribution in [3.05, 3.63) is 47.6 Å². The molecule has 8 heteroatoms. The molecule has 2 aromatic heterocycles. The minimum Gasteiger partial charge on any atom is -0.371 e. The number of anilines is 2. The predicted octanol–water partition coefficient (Wildman–Crippen LogP) is 4.80. The lowest BCUT2D eigenvalue weighted by atomic mass is 9.75. The van der Waals surface area contributed by atoms with Gasteiger partial charge in [-0.3, -0.25) is 15.2 Å². The lowest BCUT2D eigenvalue weighted by molar-refractivity contribution is -0.122. The van der Waals surface area contributed by atoms with Crippen molar-refractivity contribution in [2.75, 3.05) is 10.6 Å². The molecule has 1 saturated carbocycles. The van der Waals surface area contributed by atoms with Crippen LogP contribution in [-0.2, 0) is 4.79 Å². The molecule has 2 aromatic carbocycles.